The molecule has 14 heavy (non-hydrogen) atoms. The maximum atomic E-state index is 12.2. The fourth-order valence-corrected chi connectivity index (χ4v) is 1.31. The van der Waals surface area contributed by atoms with E-state index in [9.17, 15) is 13.2 Å². The summed E-state index contributed by atoms with van der Waals surface area (Å²) in [6.45, 7) is 0. The summed E-state index contributed by atoms with van der Waals surface area (Å²) in [4.78, 5) is 0.0145. The highest BCUT2D eigenvalue weighted by Crippen LogP contribution is 2.34. The highest BCUT2D eigenvalue weighted by molar-refractivity contribution is 7.80. The van der Waals surface area contributed by atoms with Crippen molar-refractivity contribution < 1.29 is 13.2 Å². The van der Waals surface area contributed by atoms with Gasteiger partial charge in [-0.25, -0.2) is 0 Å². The number of benzene rings is 1. The molecule has 0 amide bonds. The highest BCUT2D eigenvalue weighted by Gasteiger charge is 2.33. The van der Waals surface area contributed by atoms with Crippen LogP contribution in [0.3, 0.4) is 0 Å². The first kappa shape index (κ1) is 11.3. The Balaban J connectivity index is 3.21. The van der Waals surface area contributed by atoms with Crippen LogP contribution in [0.25, 0.3) is 0 Å². The van der Waals surface area contributed by atoms with Gasteiger partial charge < -0.3 is 5.73 Å². The second-order valence-corrected chi connectivity index (χ2v) is 3.40. The number of hydrogen-bond acceptors (Lipinski definition) is 1. The molecule has 0 saturated heterocycles. The van der Waals surface area contributed by atoms with Gasteiger partial charge in [-0.3, -0.25) is 0 Å². The van der Waals surface area contributed by atoms with Gasteiger partial charge in [0, 0.05) is 5.56 Å². The van der Waals surface area contributed by atoms with Gasteiger partial charge >= 0.3 is 6.18 Å². The van der Waals surface area contributed by atoms with E-state index in [1.54, 1.807) is 0 Å². The zero-order valence-corrected chi connectivity index (χ0v) is 8.30. The maximum absolute atomic E-state index is 12.2. The zero-order chi connectivity index (χ0) is 10.9. The third kappa shape index (κ3) is 2.36. The van der Waals surface area contributed by atoms with Crippen LogP contribution in [-0.2, 0) is 6.18 Å². The lowest BCUT2D eigenvalue weighted by Gasteiger charge is -2.09. The van der Waals surface area contributed by atoms with Crippen LogP contribution in [0.1, 0.15) is 11.1 Å². The van der Waals surface area contributed by atoms with Gasteiger partial charge in [0.2, 0.25) is 0 Å². The molecule has 0 aliphatic rings. The maximum Gasteiger partial charge on any atom is 0.417 e. The molecule has 0 bridgehead atoms. The first-order valence-electron chi connectivity index (χ1n) is 3.49. The van der Waals surface area contributed by atoms with E-state index in [1.165, 1.54) is 6.07 Å². The van der Waals surface area contributed by atoms with E-state index in [1.807, 2.05) is 0 Å². The van der Waals surface area contributed by atoms with E-state index in [2.05, 4.69) is 12.2 Å². The number of rotatable bonds is 1. The minimum atomic E-state index is -4.45. The molecule has 0 atom stereocenters. The van der Waals surface area contributed by atoms with Gasteiger partial charge in [-0.05, 0) is 12.1 Å². The van der Waals surface area contributed by atoms with Crippen molar-refractivity contribution in [2.45, 2.75) is 6.18 Å². The van der Waals surface area contributed by atoms with E-state index < -0.39 is 16.8 Å². The van der Waals surface area contributed by atoms with Gasteiger partial charge in [0.15, 0.2) is 0 Å². The van der Waals surface area contributed by atoms with E-state index in [-0.39, 0.29) is 4.99 Å². The third-order valence-electron chi connectivity index (χ3n) is 1.56. The summed E-state index contributed by atoms with van der Waals surface area (Å²) in [5.74, 6) is 0. The molecular formula is C8H5ClF3NS. The third-order valence-corrected chi connectivity index (χ3v) is 2.11. The van der Waals surface area contributed by atoms with Gasteiger partial charge in [-0.2, -0.15) is 13.2 Å². The van der Waals surface area contributed by atoms with Crippen LogP contribution in [-0.4, -0.2) is 4.99 Å². The Labute approximate surface area is 88.7 Å². The molecule has 1 nitrogen and oxygen atoms in total. The molecule has 0 heterocycles. The Bertz CT molecular complexity index is 375. The number of alkyl halides is 3. The van der Waals surface area contributed by atoms with Gasteiger partial charge in [0.05, 0.1) is 10.6 Å². The van der Waals surface area contributed by atoms with Crippen molar-refractivity contribution in [3.63, 3.8) is 0 Å². The van der Waals surface area contributed by atoms with Gasteiger partial charge in [0.1, 0.15) is 4.99 Å². The summed E-state index contributed by atoms with van der Waals surface area (Å²) in [6.07, 6.45) is -4.45. The predicted octanol–water partition coefficient (Wildman–Crippen LogP) is 2.99. The first-order valence-corrected chi connectivity index (χ1v) is 4.27. The fraction of sp³-hybridized carbons (Fsp3) is 0.125. The van der Waals surface area contributed by atoms with Crippen molar-refractivity contribution in [1.82, 2.24) is 0 Å². The average molecular weight is 240 g/mol. The molecule has 2 N–H and O–H groups in total. The minimum absolute atomic E-state index is 0.0145. The van der Waals surface area contributed by atoms with E-state index in [0.717, 1.165) is 12.1 Å². The fourth-order valence-electron chi connectivity index (χ4n) is 0.898. The van der Waals surface area contributed by atoms with Crippen molar-refractivity contribution in [3.05, 3.63) is 34.3 Å². The van der Waals surface area contributed by atoms with Crippen LogP contribution in [0, 0.1) is 0 Å². The van der Waals surface area contributed by atoms with Crippen LogP contribution in [0.2, 0.25) is 5.02 Å². The second-order valence-electron chi connectivity index (χ2n) is 2.56. The molecule has 1 aromatic carbocycles. The predicted molar refractivity (Wildman–Crippen MR) is 52.3 cm³/mol. The van der Waals surface area contributed by atoms with Crippen LogP contribution < -0.4 is 5.73 Å². The second kappa shape index (κ2) is 3.74. The summed E-state index contributed by atoms with van der Waals surface area (Å²) in [5.41, 5.74) is 4.66. The zero-order valence-electron chi connectivity index (χ0n) is 6.73. The van der Waals surface area contributed by atoms with Crippen molar-refractivity contribution in [3.8, 4) is 0 Å². The van der Waals surface area contributed by atoms with E-state index in [0.29, 0.717) is 5.56 Å². The molecule has 0 radical (unpaired) electrons. The van der Waals surface area contributed by atoms with Crippen LogP contribution in [0.5, 0.6) is 0 Å². The summed E-state index contributed by atoms with van der Waals surface area (Å²) in [7, 11) is 0. The molecular weight excluding hydrogens is 235 g/mol. The number of thiocarbonyl (C=S) groups is 1. The lowest BCUT2D eigenvalue weighted by atomic mass is 10.1. The molecule has 0 spiro atoms. The van der Waals surface area contributed by atoms with Crippen molar-refractivity contribution in [1.29, 1.82) is 0 Å². The monoisotopic (exact) mass is 239 g/mol. The summed E-state index contributed by atoms with van der Waals surface area (Å²) in [5, 5.41) is -0.400. The SMILES string of the molecule is NC(=S)c1ccc(C(F)(F)F)c(Cl)c1. The Kier molecular flexibility index (Phi) is 3.01. The molecule has 0 aliphatic heterocycles. The molecule has 6 heteroatoms. The minimum Gasteiger partial charge on any atom is -0.389 e. The van der Waals surface area contributed by atoms with Crippen LogP contribution >= 0.6 is 23.8 Å². The van der Waals surface area contributed by atoms with Crippen molar-refractivity contribution in [2.24, 2.45) is 5.73 Å². The molecule has 0 saturated carbocycles. The first-order chi connectivity index (χ1) is 6.32. The summed E-state index contributed by atoms with van der Waals surface area (Å²) in [6, 6.07) is 3.15. The molecule has 1 rings (SSSR count). The molecule has 0 aromatic heterocycles. The highest BCUT2D eigenvalue weighted by atomic mass is 35.5. The Morgan fingerprint density at radius 1 is 1.36 bits per heavy atom. The topological polar surface area (TPSA) is 26.0 Å². The Hall–Kier alpha value is -0.810. The molecule has 0 fully saturated rings. The molecule has 0 unspecified atom stereocenters. The number of hydrogen-bond donors (Lipinski definition) is 1. The summed E-state index contributed by atoms with van der Waals surface area (Å²) >= 11 is 10.0. The van der Waals surface area contributed by atoms with E-state index in [4.69, 9.17) is 17.3 Å². The Morgan fingerprint density at radius 3 is 2.29 bits per heavy atom. The van der Waals surface area contributed by atoms with E-state index >= 15 is 0 Å². The van der Waals surface area contributed by atoms with Gasteiger partial charge in [0.25, 0.3) is 0 Å². The largest absolute Gasteiger partial charge is 0.417 e. The quantitative estimate of drug-likeness (QED) is 0.763. The van der Waals surface area contributed by atoms with Crippen LogP contribution in [0.15, 0.2) is 18.2 Å². The lowest BCUT2D eigenvalue weighted by Crippen LogP contribution is -2.11. The number of nitrogens with two attached hydrogens (primary N) is 1. The smallest absolute Gasteiger partial charge is 0.389 e. The Morgan fingerprint density at radius 2 is 1.93 bits per heavy atom. The number of halogens is 4. The van der Waals surface area contributed by atoms with Crippen LogP contribution in [0.4, 0.5) is 13.2 Å². The normalized spacial score (nSPS) is 11.4. The van der Waals surface area contributed by atoms with Crippen molar-refractivity contribution >= 4 is 28.8 Å². The van der Waals surface area contributed by atoms with Gasteiger partial charge in [-0.1, -0.05) is 29.9 Å². The standard InChI is InChI=1S/C8H5ClF3NS/c9-6-3-4(7(13)14)1-2-5(6)8(10,11)12/h1-3H,(H2,13,14). The lowest BCUT2D eigenvalue weighted by molar-refractivity contribution is -0.137. The molecule has 0 aliphatic carbocycles. The average Bonchev–Trinajstić information content (AvgIpc) is 2.01. The summed E-state index contributed by atoms with van der Waals surface area (Å²) < 4.78 is 36.7. The van der Waals surface area contributed by atoms with Crippen molar-refractivity contribution in [2.75, 3.05) is 0 Å². The molecule has 1 aromatic rings. The molecule has 76 valence electrons. The van der Waals surface area contributed by atoms with Gasteiger partial charge in [-0.15, -0.1) is 0 Å².